The summed E-state index contributed by atoms with van der Waals surface area (Å²) in [6.07, 6.45) is -2.23. The van der Waals surface area contributed by atoms with Crippen molar-refractivity contribution in [2.45, 2.75) is 44.4 Å². The van der Waals surface area contributed by atoms with Gasteiger partial charge in [0.2, 0.25) is 0 Å². The van der Waals surface area contributed by atoms with E-state index in [1.54, 1.807) is 13.0 Å². The van der Waals surface area contributed by atoms with E-state index in [0.29, 0.717) is 11.5 Å². The van der Waals surface area contributed by atoms with Crippen LogP contribution >= 0.6 is 0 Å². The predicted octanol–water partition coefficient (Wildman–Crippen LogP) is 0.929. The zero-order valence-corrected chi connectivity index (χ0v) is 11.0. The second kappa shape index (κ2) is 4.33. The molecule has 104 valence electrons. The van der Waals surface area contributed by atoms with Crippen LogP contribution in [0, 0.1) is 0 Å². The van der Waals surface area contributed by atoms with Crippen LogP contribution < -0.4 is 10.4 Å². The van der Waals surface area contributed by atoms with Crippen LogP contribution in [0.25, 0.3) is 0 Å². The molecule has 2 aliphatic heterocycles. The molecule has 2 aliphatic rings. The molecule has 6 heteroatoms. The first-order chi connectivity index (χ1) is 9.02. The summed E-state index contributed by atoms with van der Waals surface area (Å²) in [5, 5.41) is 9.99. The molecular weight excluding hydrogens is 252 g/mol. The van der Waals surface area contributed by atoms with Gasteiger partial charge in [0.25, 0.3) is 0 Å². The van der Waals surface area contributed by atoms with Crippen LogP contribution in [-0.2, 0) is 9.47 Å². The molecule has 0 aromatic carbocycles. The van der Waals surface area contributed by atoms with Crippen molar-refractivity contribution in [3.8, 4) is 5.75 Å². The van der Waals surface area contributed by atoms with Gasteiger partial charge in [0.1, 0.15) is 41.5 Å². The molecule has 19 heavy (non-hydrogen) atoms. The van der Waals surface area contributed by atoms with Crippen LogP contribution in [0.3, 0.4) is 0 Å². The van der Waals surface area contributed by atoms with E-state index in [1.807, 2.05) is 6.92 Å². The third-order valence-corrected chi connectivity index (χ3v) is 3.60. The van der Waals surface area contributed by atoms with Gasteiger partial charge in [0.05, 0.1) is 6.10 Å². The number of methoxy groups -OCH3 is 1. The lowest BCUT2D eigenvalue weighted by molar-refractivity contribution is -0.0816. The van der Waals surface area contributed by atoms with Crippen molar-refractivity contribution in [3.63, 3.8) is 0 Å². The normalized spacial score (nSPS) is 36.5. The Hall–Kier alpha value is -1.37. The molecule has 1 saturated heterocycles. The number of epoxide rings is 1. The van der Waals surface area contributed by atoms with Crippen molar-refractivity contribution in [3.05, 3.63) is 27.8 Å². The molecule has 3 heterocycles. The van der Waals surface area contributed by atoms with Crippen LogP contribution in [0.1, 0.15) is 37.4 Å². The van der Waals surface area contributed by atoms with Crippen LogP contribution in [0.5, 0.6) is 5.75 Å². The number of fused-ring (bicyclic) bond motifs is 1. The Morgan fingerprint density at radius 2 is 2.00 bits per heavy atom. The van der Waals surface area contributed by atoms with Crippen molar-refractivity contribution in [2.24, 2.45) is 0 Å². The highest BCUT2D eigenvalue weighted by molar-refractivity contribution is 5.37. The summed E-state index contributed by atoms with van der Waals surface area (Å²) in [7, 11) is 1.44. The average molecular weight is 268 g/mol. The van der Waals surface area contributed by atoms with Gasteiger partial charge in [-0.05, 0) is 13.8 Å². The molecule has 6 nitrogen and oxygen atoms in total. The highest BCUT2D eigenvalue weighted by Crippen LogP contribution is 2.42. The van der Waals surface area contributed by atoms with Crippen LogP contribution in [0.2, 0.25) is 0 Å². The summed E-state index contributed by atoms with van der Waals surface area (Å²) in [4.78, 5) is 12.1. The molecule has 0 spiro atoms. The minimum Gasteiger partial charge on any atom is -0.487 e. The van der Waals surface area contributed by atoms with Crippen LogP contribution in [0.15, 0.2) is 15.3 Å². The molecule has 0 amide bonds. The topological polar surface area (TPSA) is 81.4 Å². The molecule has 1 aromatic rings. The lowest BCUT2D eigenvalue weighted by Crippen LogP contribution is -2.41. The molecule has 1 aromatic heterocycles. The Morgan fingerprint density at radius 3 is 2.58 bits per heavy atom. The average Bonchev–Trinajstić information content (AvgIpc) is 3.08. The van der Waals surface area contributed by atoms with E-state index in [-0.39, 0.29) is 17.8 Å². The van der Waals surface area contributed by atoms with Gasteiger partial charge in [0.15, 0.2) is 0 Å². The maximum atomic E-state index is 12.1. The third kappa shape index (κ3) is 1.96. The van der Waals surface area contributed by atoms with Gasteiger partial charge in [-0.2, -0.15) is 0 Å². The number of aliphatic hydroxyl groups is 1. The lowest BCUT2D eigenvalue weighted by Gasteiger charge is -2.33. The molecule has 0 saturated carbocycles. The van der Waals surface area contributed by atoms with Crippen molar-refractivity contribution in [2.75, 3.05) is 7.11 Å². The van der Waals surface area contributed by atoms with E-state index in [9.17, 15) is 9.90 Å². The minimum absolute atomic E-state index is 0.0472. The second-order valence-electron chi connectivity index (χ2n) is 4.95. The molecule has 3 rings (SSSR count). The summed E-state index contributed by atoms with van der Waals surface area (Å²) >= 11 is 0. The predicted molar refractivity (Wildman–Crippen MR) is 64.1 cm³/mol. The summed E-state index contributed by atoms with van der Waals surface area (Å²) in [5.41, 5.74) is -0.321. The highest BCUT2D eigenvalue weighted by Gasteiger charge is 2.42. The summed E-state index contributed by atoms with van der Waals surface area (Å²) in [6, 6.07) is 1.65. The van der Waals surface area contributed by atoms with Gasteiger partial charge in [-0.15, -0.1) is 0 Å². The largest absolute Gasteiger partial charge is 0.487 e. The van der Waals surface area contributed by atoms with Crippen LogP contribution in [0.4, 0.5) is 0 Å². The fraction of sp³-hybridized carbons (Fsp3) is 0.615. The van der Waals surface area contributed by atoms with Crippen molar-refractivity contribution < 1.29 is 23.7 Å². The first kappa shape index (κ1) is 12.7. The quantitative estimate of drug-likeness (QED) is 0.803. The Bertz CT molecular complexity index is 551. The molecule has 0 radical (unpaired) electrons. The van der Waals surface area contributed by atoms with Gasteiger partial charge < -0.3 is 23.7 Å². The highest BCUT2D eigenvalue weighted by atomic mass is 16.6. The van der Waals surface area contributed by atoms with E-state index in [4.69, 9.17) is 18.6 Å². The molecule has 5 atom stereocenters. The van der Waals surface area contributed by atoms with Gasteiger partial charge >= 0.3 is 5.63 Å². The van der Waals surface area contributed by atoms with E-state index < -0.39 is 23.9 Å². The van der Waals surface area contributed by atoms with E-state index in [2.05, 4.69) is 0 Å². The van der Waals surface area contributed by atoms with Crippen molar-refractivity contribution in [1.82, 2.24) is 0 Å². The van der Waals surface area contributed by atoms with Gasteiger partial charge in [-0.3, -0.25) is 0 Å². The monoisotopic (exact) mass is 268 g/mol. The molecule has 1 fully saturated rings. The van der Waals surface area contributed by atoms with Crippen molar-refractivity contribution in [1.29, 1.82) is 0 Å². The third-order valence-electron chi connectivity index (χ3n) is 3.60. The number of ether oxygens (including phenoxy) is 3. The van der Waals surface area contributed by atoms with Gasteiger partial charge in [-0.25, -0.2) is 4.79 Å². The first-order valence-electron chi connectivity index (χ1n) is 6.24. The van der Waals surface area contributed by atoms with Gasteiger partial charge in [0, 0.05) is 13.2 Å². The summed E-state index contributed by atoms with van der Waals surface area (Å²) in [6.45, 7) is 3.62. The number of aliphatic hydroxyl groups excluding tert-OH is 1. The lowest BCUT2D eigenvalue weighted by atomic mass is 9.98. The van der Waals surface area contributed by atoms with E-state index in [0.717, 1.165) is 0 Å². The minimum atomic E-state index is -0.901. The van der Waals surface area contributed by atoms with Crippen LogP contribution in [-0.4, -0.2) is 30.5 Å². The fourth-order valence-corrected chi connectivity index (χ4v) is 2.42. The second-order valence-corrected chi connectivity index (χ2v) is 4.95. The first-order valence-corrected chi connectivity index (χ1v) is 6.24. The summed E-state index contributed by atoms with van der Waals surface area (Å²) < 4.78 is 21.3. The van der Waals surface area contributed by atoms with Crippen molar-refractivity contribution >= 4 is 0 Å². The number of rotatable bonds is 2. The van der Waals surface area contributed by atoms with E-state index in [1.165, 1.54) is 7.11 Å². The number of hydrogen-bond donors (Lipinski definition) is 1. The maximum Gasteiger partial charge on any atom is 0.345 e. The Labute approximate surface area is 109 Å². The Balaban J connectivity index is 2.07. The molecule has 2 unspecified atom stereocenters. The Morgan fingerprint density at radius 1 is 1.32 bits per heavy atom. The molecule has 0 bridgehead atoms. The zero-order chi connectivity index (χ0) is 13.7. The van der Waals surface area contributed by atoms with E-state index >= 15 is 0 Å². The standard InChI is InChI=1S/C13H16O6/c1-5-10(14)12(16-3)9-7(17-5)4-8(19-13(9)15)11-6(2)18-11/h4-6,10-12,14H,1-3H3/t5-,6?,10-,11?,12+/m0/s1. The van der Waals surface area contributed by atoms with Gasteiger partial charge in [-0.1, -0.05) is 0 Å². The zero-order valence-electron chi connectivity index (χ0n) is 11.0. The SMILES string of the molecule is CO[C@@H]1c2c(cc(C3OC3C)oc2=O)O[C@@H](C)[C@@H]1O. The number of hydrogen-bond acceptors (Lipinski definition) is 6. The molecule has 1 N–H and O–H groups in total. The Kier molecular flexibility index (Phi) is 2.88. The maximum absolute atomic E-state index is 12.1. The smallest absolute Gasteiger partial charge is 0.345 e. The molecular formula is C13H16O6. The fourth-order valence-electron chi connectivity index (χ4n) is 2.42. The molecule has 0 aliphatic carbocycles. The summed E-state index contributed by atoms with van der Waals surface area (Å²) in [5.74, 6) is 0.855.